The number of H-pyrrole nitrogens is 1. The van der Waals surface area contributed by atoms with Crippen molar-refractivity contribution >= 4 is 23.0 Å². The fourth-order valence-electron chi connectivity index (χ4n) is 3.05. The molecule has 0 aliphatic heterocycles. The highest BCUT2D eigenvalue weighted by Crippen LogP contribution is 2.33. The van der Waals surface area contributed by atoms with Crippen molar-refractivity contribution in [3.8, 4) is 5.75 Å². The molecule has 0 fully saturated rings. The third-order valence-corrected chi connectivity index (χ3v) is 4.69. The van der Waals surface area contributed by atoms with Crippen LogP contribution in [0.1, 0.15) is 66.6 Å². The number of phenols is 1. The molecule has 3 rings (SSSR count). The molecule has 0 aliphatic rings. The van der Waals surface area contributed by atoms with Crippen molar-refractivity contribution in [1.82, 2.24) is 10.4 Å². The van der Waals surface area contributed by atoms with Gasteiger partial charge in [-0.1, -0.05) is 52.0 Å². The van der Waals surface area contributed by atoms with E-state index in [0.717, 1.165) is 27.6 Å². The Morgan fingerprint density at radius 1 is 1.15 bits per heavy atom. The summed E-state index contributed by atoms with van der Waals surface area (Å²) in [5.74, 6) is -0.0310. The van der Waals surface area contributed by atoms with E-state index in [-0.39, 0.29) is 23.1 Å². The lowest BCUT2D eigenvalue weighted by molar-refractivity contribution is 0.0952. The lowest BCUT2D eigenvalue weighted by Gasteiger charge is -2.16. The molecular weight excluding hydrogens is 338 g/mol. The molecule has 0 saturated carbocycles. The van der Waals surface area contributed by atoms with Crippen LogP contribution in [0.3, 0.4) is 0 Å². The van der Waals surface area contributed by atoms with E-state index in [1.165, 1.54) is 0 Å². The Bertz CT molecular complexity index is 1000. The Labute approximate surface area is 159 Å². The number of benzene rings is 2. The number of phenolic OH excluding ortho intramolecular Hbond substituents is 1. The monoisotopic (exact) mass is 363 g/mol. The van der Waals surface area contributed by atoms with Crippen molar-refractivity contribution in [3.63, 3.8) is 0 Å². The molecule has 1 amide bonds. The summed E-state index contributed by atoms with van der Waals surface area (Å²) >= 11 is 0. The Morgan fingerprint density at radius 3 is 2.59 bits per heavy atom. The van der Waals surface area contributed by atoms with Crippen molar-refractivity contribution < 1.29 is 9.90 Å². The number of nitrogens with zero attached hydrogens (tertiary/aromatic N) is 1. The summed E-state index contributed by atoms with van der Waals surface area (Å²) in [6.45, 7) is 8.12. The maximum atomic E-state index is 12.6. The highest BCUT2D eigenvalue weighted by molar-refractivity contribution is 6.01. The number of nitrogens with one attached hydrogen (secondary N) is 2. The Morgan fingerprint density at radius 2 is 1.89 bits per heavy atom. The first-order valence-electron chi connectivity index (χ1n) is 9.14. The number of amides is 1. The smallest absolute Gasteiger partial charge is 0.275 e. The van der Waals surface area contributed by atoms with E-state index in [4.69, 9.17) is 0 Å². The first kappa shape index (κ1) is 18.7. The average Bonchev–Trinajstić information content (AvgIpc) is 3.04. The molecule has 3 aromatic rings. The zero-order valence-corrected chi connectivity index (χ0v) is 16.1. The molecule has 2 aromatic carbocycles. The van der Waals surface area contributed by atoms with Crippen LogP contribution >= 0.6 is 0 Å². The number of carbonyl (C=O) groups excluding carboxylic acids is 1. The molecule has 1 aromatic heterocycles. The maximum absolute atomic E-state index is 12.6. The van der Waals surface area contributed by atoms with Gasteiger partial charge in [-0.15, -0.1) is 0 Å². The summed E-state index contributed by atoms with van der Waals surface area (Å²) in [4.78, 5) is 15.8. The molecule has 0 saturated heterocycles. The van der Waals surface area contributed by atoms with Gasteiger partial charge in [0, 0.05) is 22.7 Å². The van der Waals surface area contributed by atoms with E-state index < -0.39 is 5.91 Å². The third-order valence-electron chi connectivity index (χ3n) is 4.69. The minimum absolute atomic E-state index is 0.0224. The van der Waals surface area contributed by atoms with Gasteiger partial charge in [-0.3, -0.25) is 4.79 Å². The minimum atomic E-state index is -0.423. The molecule has 0 radical (unpaired) electrons. The van der Waals surface area contributed by atoms with Crippen molar-refractivity contribution in [2.45, 2.75) is 39.5 Å². The average molecular weight is 363 g/mol. The first-order valence-corrected chi connectivity index (χ1v) is 9.14. The highest BCUT2D eigenvalue weighted by atomic mass is 16.3. The van der Waals surface area contributed by atoms with Crippen LogP contribution in [0.15, 0.2) is 47.7 Å². The van der Waals surface area contributed by atoms with Gasteiger partial charge >= 0.3 is 0 Å². The van der Waals surface area contributed by atoms with Crippen LogP contribution in [0, 0.1) is 0 Å². The molecule has 0 aliphatic carbocycles. The molecule has 0 spiro atoms. The summed E-state index contributed by atoms with van der Waals surface area (Å²) in [5, 5.41) is 15.6. The topological polar surface area (TPSA) is 77.5 Å². The van der Waals surface area contributed by atoms with Crippen LogP contribution in [-0.2, 0) is 0 Å². The van der Waals surface area contributed by atoms with E-state index >= 15 is 0 Å². The molecular formula is C22H25N3O2. The number of hydrogen-bond donors (Lipinski definition) is 3. The number of fused-ring (bicyclic) bond motifs is 1. The van der Waals surface area contributed by atoms with Crippen molar-refractivity contribution in [2.75, 3.05) is 0 Å². The molecule has 0 unspecified atom stereocenters. The van der Waals surface area contributed by atoms with Gasteiger partial charge in [0.05, 0.1) is 11.8 Å². The second kappa shape index (κ2) is 7.66. The molecule has 3 N–H and O–H groups in total. The van der Waals surface area contributed by atoms with Gasteiger partial charge in [-0.2, -0.15) is 5.10 Å². The molecule has 5 nitrogen and oxygen atoms in total. The summed E-state index contributed by atoms with van der Waals surface area (Å²) in [7, 11) is 0. The molecule has 5 heteroatoms. The van der Waals surface area contributed by atoms with Crippen LogP contribution in [0.4, 0.5) is 0 Å². The lowest BCUT2D eigenvalue weighted by Crippen LogP contribution is -2.18. The Kier molecular flexibility index (Phi) is 5.31. The number of rotatable bonds is 5. The van der Waals surface area contributed by atoms with Gasteiger partial charge in [0.25, 0.3) is 5.91 Å². The van der Waals surface area contributed by atoms with Gasteiger partial charge in [0.2, 0.25) is 0 Å². The van der Waals surface area contributed by atoms with Crippen LogP contribution in [0.2, 0.25) is 0 Å². The standard InChI is InChI=1S/C22H25N3O2/c1-13(2)15-9-18(14(3)4)21(26)19(10-15)22(27)25-24-12-16-11-23-20-8-6-5-7-17(16)20/h5-14,23,26H,1-4H3,(H,25,27). The van der Waals surface area contributed by atoms with Gasteiger partial charge in [0.15, 0.2) is 0 Å². The van der Waals surface area contributed by atoms with E-state index in [9.17, 15) is 9.90 Å². The third kappa shape index (κ3) is 3.87. The number of hydrazone groups is 1. The lowest BCUT2D eigenvalue weighted by atomic mass is 9.92. The predicted octanol–water partition coefficient (Wildman–Crippen LogP) is 4.88. The van der Waals surface area contributed by atoms with Gasteiger partial charge < -0.3 is 10.1 Å². The molecule has 0 bridgehead atoms. The van der Waals surface area contributed by atoms with Gasteiger partial charge in [-0.25, -0.2) is 5.43 Å². The SMILES string of the molecule is CC(C)c1cc(C(=O)NN=Cc2c[nH]c3ccccc23)c(O)c(C(C)C)c1. The van der Waals surface area contributed by atoms with Crippen molar-refractivity contribution in [1.29, 1.82) is 0 Å². The molecule has 0 atom stereocenters. The number of hydrogen-bond acceptors (Lipinski definition) is 3. The van der Waals surface area contributed by atoms with Gasteiger partial charge in [0.1, 0.15) is 5.75 Å². The molecule has 140 valence electrons. The quantitative estimate of drug-likeness (QED) is 0.446. The Hall–Kier alpha value is -3.08. The van der Waals surface area contributed by atoms with Crippen LogP contribution in [-0.4, -0.2) is 22.2 Å². The zero-order chi connectivity index (χ0) is 19.6. The Balaban J connectivity index is 1.85. The van der Waals surface area contributed by atoms with Crippen LogP contribution in [0.25, 0.3) is 10.9 Å². The second-order valence-electron chi connectivity index (χ2n) is 7.30. The summed E-state index contributed by atoms with van der Waals surface area (Å²) in [5.41, 5.74) is 6.46. The van der Waals surface area contributed by atoms with Crippen LogP contribution in [0.5, 0.6) is 5.75 Å². The number of carbonyl (C=O) groups is 1. The summed E-state index contributed by atoms with van der Waals surface area (Å²) in [6.07, 6.45) is 3.44. The maximum Gasteiger partial charge on any atom is 0.275 e. The largest absolute Gasteiger partial charge is 0.507 e. The fourth-order valence-corrected chi connectivity index (χ4v) is 3.05. The predicted molar refractivity (Wildman–Crippen MR) is 110 cm³/mol. The van der Waals surface area contributed by atoms with Crippen molar-refractivity contribution in [3.05, 3.63) is 64.8 Å². The fraction of sp³-hybridized carbons (Fsp3) is 0.273. The van der Waals surface area contributed by atoms with Crippen LogP contribution < -0.4 is 5.43 Å². The van der Waals surface area contributed by atoms with E-state index in [1.807, 2.05) is 50.4 Å². The summed E-state index contributed by atoms with van der Waals surface area (Å²) in [6, 6.07) is 11.6. The van der Waals surface area contributed by atoms with Gasteiger partial charge in [-0.05, 0) is 35.1 Å². The zero-order valence-electron chi connectivity index (χ0n) is 16.1. The second-order valence-corrected chi connectivity index (χ2v) is 7.30. The minimum Gasteiger partial charge on any atom is -0.507 e. The molecule has 27 heavy (non-hydrogen) atoms. The number of aromatic hydroxyl groups is 1. The first-order chi connectivity index (χ1) is 12.9. The summed E-state index contributed by atoms with van der Waals surface area (Å²) < 4.78 is 0. The number of aromatic amines is 1. The van der Waals surface area contributed by atoms with Crippen molar-refractivity contribution in [2.24, 2.45) is 5.10 Å². The van der Waals surface area contributed by atoms with E-state index in [1.54, 1.807) is 12.3 Å². The molecule has 1 heterocycles. The van der Waals surface area contributed by atoms with E-state index in [2.05, 4.69) is 29.4 Å². The number of para-hydroxylation sites is 1. The normalized spacial score (nSPS) is 11.8. The van der Waals surface area contributed by atoms with E-state index in [0.29, 0.717) is 0 Å². The highest BCUT2D eigenvalue weighted by Gasteiger charge is 2.19. The number of aromatic nitrogens is 1.